The molecule has 1 unspecified atom stereocenters. The zero-order valence-corrected chi connectivity index (χ0v) is 7.90. The number of hydrogen-bond donors (Lipinski definition) is 1. The summed E-state index contributed by atoms with van der Waals surface area (Å²) in [5.41, 5.74) is 0. The van der Waals surface area contributed by atoms with E-state index in [2.05, 4.69) is 0 Å². The highest BCUT2D eigenvalue weighted by Crippen LogP contribution is 2.12. The monoisotopic (exact) mass is 189 g/mol. The van der Waals surface area contributed by atoms with Crippen LogP contribution >= 0.6 is 0 Å². The minimum Gasteiger partial charge on any atom is -0.481 e. The zero-order valence-electron chi connectivity index (χ0n) is 7.90. The predicted molar refractivity (Wildman–Crippen MR) is 47.1 cm³/mol. The Morgan fingerprint density at radius 2 is 2.08 bits per heavy atom. The lowest BCUT2D eigenvalue weighted by molar-refractivity contribution is -0.525. The summed E-state index contributed by atoms with van der Waals surface area (Å²) in [5.74, 6) is -0.750. The number of nitrogens with zero attached hydrogens (tertiary/aromatic N) is 1. The molecule has 0 aliphatic heterocycles. The molecular weight excluding hydrogens is 174 g/mol. The Kier molecular flexibility index (Phi) is 5.03. The van der Waals surface area contributed by atoms with Gasteiger partial charge in [0.25, 0.3) is 0 Å². The molecule has 0 spiro atoms. The average Bonchev–Trinajstić information content (AvgIpc) is 1.96. The summed E-state index contributed by atoms with van der Waals surface area (Å²) in [6.07, 6.45) is 0.444. The first-order valence-corrected chi connectivity index (χ1v) is 4.28. The molecule has 0 aromatic rings. The summed E-state index contributed by atoms with van der Waals surface area (Å²) in [6.45, 7) is 3.77. The molecule has 0 aliphatic rings. The Morgan fingerprint density at radius 3 is 2.38 bits per heavy atom. The van der Waals surface area contributed by atoms with Crippen LogP contribution in [-0.2, 0) is 4.79 Å². The quantitative estimate of drug-likeness (QED) is 0.507. The third kappa shape index (κ3) is 6.07. The Labute approximate surface area is 76.9 Å². The molecule has 0 aromatic heterocycles. The van der Waals surface area contributed by atoms with Crippen molar-refractivity contribution in [2.24, 2.45) is 5.92 Å². The van der Waals surface area contributed by atoms with Crippen LogP contribution in [0.2, 0.25) is 0 Å². The van der Waals surface area contributed by atoms with Crippen molar-refractivity contribution >= 4 is 5.97 Å². The minimum atomic E-state index is -0.976. The van der Waals surface area contributed by atoms with Gasteiger partial charge in [0, 0.05) is 17.8 Å². The van der Waals surface area contributed by atoms with Crippen LogP contribution in [0.5, 0.6) is 0 Å². The second-order valence-corrected chi connectivity index (χ2v) is 3.50. The first-order valence-electron chi connectivity index (χ1n) is 4.28. The molecule has 0 radical (unpaired) electrons. The van der Waals surface area contributed by atoms with Gasteiger partial charge in [0.15, 0.2) is 0 Å². The number of nitro groups is 1. The Balaban J connectivity index is 3.95. The molecular formula is C8H15NO4. The van der Waals surface area contributed by atoms with E-state index < -0.39 is 12.0 Å². The first-order chi connectivity index (χ1) is 5.93. The summed E-state index contributed by atoms with van der Waals surface area (Å²) >= 11 is 0. The SMILES string of the molecule is CC(C)CC(CCC(=O)O)[N+](=O)[O-]. The van der Waals surface area contributed by atoms with E-state index in [1.54, 1.807) is 0 Å². The minimum absolute atomic E-state index is 0.126. The largest absolute Gasteiger partial charge is 0.481 e. The van der Waals surface area contributed by atoms with Gasteiger partial charge in [0.1, 0.15) is 0 Å². The normalized spacial score (nSPS) is 12.8. The number of carbonyl (C=O) groups is 1. The van der Waals surface area contributed by atoms with Crippen LogP contribution in [0.4, 0.5) is 0 Å². The van der Waals surface area contributed by atoms with Crippen molar-refractivity contribution in [2.45, 2.75) is 39.2 Å². The van der Waals surface area contributed by atoms with Gasteiger partial charge >= 0.3 is 5.97 Å². The van der Waals surface area contributed by atoms with E-state index in [0.717, 1.165) is 0 Å². The lowest BCUT2D eigenvalue weighted by Gasteiger charge is -2.09. The molecule has 1 atom stereocenters. The number of aliphatic carboxylic acids is 1. The zero-order chi connectivity index (χ0) is 10.4. The smallest absolute Gasteiger partial charge is 0.303 e. The molecule has 76 valence electrons. The van der Waals surface area contributed by atoms with Gasteiger partial charge in [-0.2, -0.15) is 0 Å². The van der Waals surface area contributed by atoms with Gasteiger partial charge in [-0.3, -0.25) is 14.9 Å². The van der Waals surface area contributed by atoms with Gasteiger partial charge in [-0.05, 0) is 5.92 Å². The van der Waals surface area contributed by atoms with Crippen molar-refractivity contribution in [2.75, 3.05) is 0 Å². The maximum atomic E-state index is 10.5. The number of carboxylic acids is 1. The van der Waals surface area contributed by atoms with Crippen molar-refractivity contribution in [3.8, 4) is 0 Å². The van der Waals surface area contributed by atoms with E-state index in [1.807, 2.05) is 13.8 Å². The summed E-state index contributed by atoms with van der Waals surface area (Å²) < 4.78 is 0. The van der Waals surface area contributed by atoms with Gasteiger partial charge in [0.2, 0.25) is 6.04 Å². The maximum absolute atomic E-state index is 10.5. The van der Waals surface area contributed by atoms with Crippen LogP contribution in [0.1, 0.15) is 33.1 Å². The van der Waals surface area contributed by atoms with E-state index in [0.29, 0.717) is 6.42 Å². The average molecular weight is 189 g/mol. The van der Waals surface area contributed by atoms with Gasteiger partial charge in [-0.25, -0.2) is 0 Å². The molecule has 0 aromatic carbocycles. The molecule has 13 heavy (non-hydrogen) atoms. The van der Waals surface area contributed by atoms with Crippen LogP contribution < -0.4 is 0 Å². The van der Waals surface area contributed by atoms with Gasteiger partial charge in [-0.15, -0.1) is 0 Å². The van der Waals surface area contributed by atoms with Crippen molar-refractivity contribution < 1.29 is 14.8 Å². The van der Waals surface area contributed by atoms with Crippen molar-refractivity contribution in [1.82, 2.24) is 0 Å². The van der Waals surface area contributed by atoms with Crippen LogP contribution in [0.3, 0.4) is 0 Å². The number of hydrogen-bond acceptors (Lipinski definition) is 3. The third-order valence-corrected chi connectivity index (χ3v) is 1.73. The second-order valence-electron chi connectivity index (χ2n) is 3.50. The molecule has 0 bridgehead atoms. The first kappa shape index (κ1) is 11.9. The lowest BCUT2D eigenvalue weighted by atomic mass is 10.0. The molecule has 5 nitrogen and oxygen atoms in total. The Bertz CT molecular complexity index is 191. The number of rotatable bonds is 6. The Morgan fingerprint density at radius 1 is 1.54 bits per heavy atom. The van der Waals surface area contributed by atoms with Gasteiger partial charge in [0.05, 0.1) is 6.42 Å². The molecule has 1 N–H and O–H groups in total. The van der Waals surface area contributed by atoms with Crippen molar-refractivity contribution in [3.63, 3.8) is 0 Å². The third-order valence-electron chi connectivity index (χ3n) is 1.73. The summed E-state index contributed by atoms with van der Waals surface area (Å²) in [5, 5.41) is 18.8. The maximum Gasteiger partial charge on any atom is 0.303 e. The van der Waals surface area contributed by atoms with E-state index in [-0.39, 0.29) is 23.7 Å². The van der Waals surface area contributed by atoms with Crippen LogP contribution in [0, 0.1) is 16.0 Å². The topological polar surface area (TPSA) is 80.4 Å². The van der Waals surface area contributed by atoms with E-state index in [4.69, 9.17) is 5.11 Å². The fraction of sp³-hybridized carbons (Fsp3) is 0.875. The lowest BCUT2D eigenvalue weighted by Crippen LogP contribution is -2.22. The van der Waals surface area contributed by atoms with Crippen LogP contribution in [0.25, 0.3) is 0 Å². The van der Waals surface area contributed by atoms with Crippen LogP contribution in [-0.4, -0.2) is 22.0 Å². The summed E-state index contributed by atoms with van der Waals surface area (Å²) in [7, 11) is 0. The van der Waals surface area contributed by atoms with Crippen LogP contribution in [0.15, 0.2) is 0 Å². The predicted octanol–water partition coefficient (Wildman–Crippen LogP) is 1.54. The van der Waals surface area contributed by atoms with Gasteiger partial charge in [-0.1, -0.05) is 13.8 Å². The fourth-order valence-corrected chi connectivity index (χ4v) is 1.14. The standard InChI is InChI=1S/C8H15NO4/c1-6(2)5-7(9(12)13)3-4-8(10)11/h6-7H,3-5H2,1-2H3,(H,10,11). The molecule has 0 rings (SSSR count). The second kappa shape index (κ2) is 5.50. The molecule has 0 heterocycles. The van der Waals surface area contributed by atoms with Crippen molar-refractivity contribution in [3.05, 3.63) is 10.1 Å². The molecule has 5 heteroatoms. The molecule has 0 saturated heterocycles. The highest BCUT2D eigenvalue weighted by molar-refractivity contribution is 5.66. The fourth-order valence-electron chi connectivity index (χ4n) is 1.14. The molecule has 0 amide bonds. The van der Waals surface area contributed by atoms with E-state index in [1.165, 1.54) is 0 Å². The van der Waals surface area contributed by atoms with Gasteiger partial charge < -0.3 is 5.11 Å². The summed E-state index contributed by atoms with van der Waals surface area (Å²) in [4.78, 5) is 20.3. The number of carboxylic acid groups (broad SMARTS) is 1. The molecule has 0 aliphatic carbocycles. The molecule has 0 fully saturated rings. The van der Waals surface area contributed by atoms with Crippen molar-refractivity contribution in [1.29, 1.82) is 0 Å². The Hall–Kier alpha value is -1.13. The molecule has 0 saturated carbocycles. The summed E-state index contributed by atoms with van der Waals surface area (Å²) in [6, 6.07) is -0.712. The highest BCUT2D eigenvalue weighted by Gasteiger charge is 2.22. The van der Waals surface area contributed by atoms with E-state index in [9.17, 15) is 14.9 Å². The highest BCUT2D eigenvalue weighted by atomic mass is 16.6. The van der Waals surface area contributed by atoms with E-state index >= 15 is 0 Å².